The van der Waals surface area contributed by atoms with E-state index in [9.17, 15) is 27.9 Å². The number of alkyl halides is 3. The van der Waals surface area contributed by atoms with Crippen LogP contribution in [0, 0.1) is 0 Å². The Bertz CT molecular complexity index is 1420. The Kier molecular flexibility index (Phi) is 8.89. The molecule has 8 nitrogen and oxygen atoms in total. The molecule has 2 aromatic rings. The van der Waals surface area contributed by atoms with E-state index in [-0.39, 0.29) is 35.4 Å². The molecular weight excluding hydrogens is 581 g/mol. The second-order valence-electron chi connectivity index (χ2n) is 12.0. The van der Waals surface area contributed by atoms with Crippen molar-refractivity contribution in [2.45, 2.75) is 80.5 Å². The number of hydrogen-bond acceptors (Lipinski definition) is 6. The lowest BCUT2D eigenvalue weighted by Gasteiger charge is -2.40. The zero-order valence-electron chi connectivity index (χ0n) is 24.5. The summed E-state index contributed by atoms with van der Waals surface area (Å²) in [7, 11) is 0. The molecular formula is C31H37F3N4O4S. The Labute approximate surface area is 253 Å². The number of ether oxygens (including phenoxy) is 1. The van der Waals surface area contributed by atoms with E-state index in [1.54, 1.807) is 26.8 Å². The molecule has 232 valence electrons. The van der Waals surface area contributed by atoms with E-state index in [1.165, 1.54) is 0 Å². The van der Waals surface area contributed by atoms with E-state index in [2.05, 4.69) is 16.7 Å². The minimum absolute atomic E-state index is 0.0964. The van der Waals surface area contributed by atoms with E-state index in [0.29, 0.717) is 36.5 Å². The van der Waals surface area contributed by atoms with Gasteiger partial charge >= 0.3 is 18.4 Å². The number of nitrogens with zero attached hydrogens (tertiary/aromatic N) is 2. The fourth-order valence-corrected chi connectivity index (χ4v) is 7.01. The van der Waals surface area contributed by atoms with E-state index < -0.39 is 29.5 Å². The molecule has 0 bridgehead atoms. The number of alkyl carbamates (subject to hydrolysis) is 1. The number of fused-ring (bicyclic) bond motifs is 2. The van der Waals surface area contributed by atoms with Gasteiger partial charge in [-0.2, -0.15) is 13.2 Å². The maximum atomic E-state index is 14.3. The quantitative estimate of drug-likeness (QED) is 0.306. The molecule has 0 atom stereocenters. The molecule has 2 aliphatic heterocycles. The number of benzene rings is 2. The Balaban J connectivity index is 1.59. The maximum absolute atomic E-state index is 14.3. The van der Waals surface area contributed by atoms with Gasteiger partial charge in [0.1, 0.15) is 5.60 Å². The van der Waals surface area contributed by atoms with Crippen molar-refractivity contribution in [1.82, 2.24) is 10.6 Å². The summed E-state index contributed by atoms with van der Waals surface area (Å²) in [5, 5.41) is 16.5. The number of carbonyl (C=O) groups is 2. The fourth-order valence-electron chi connectivity index (χ4n) is 5.84. The molecule has 3 N–H and O–H groups in total. The maximum Gasteiger partial charge on any atom is 0.416 e. The molecule has 1 aliphatic carbocycles. The van der Waals surface area contributed by atoms with Crippen LogP contribution < -0.4 is 20.4 Å². The molecule has 2 amide bonds. The summed E-state index contributed by atoms with van der Waals surface area (Å²) in [5.41, 5.74) is 1.33. The Morgan fingerprint density at radius 3 is 2.51 bits per heavy atom. The molecule has 0 saturated carbocycles. The smallest absolute Gasteiger partial charge is 0.416 e. The zero-order chi connectivity index (χ0) is 30.9. The third-order valence-corrected chi connectivity index (χ3v) is 8.79. The number of hydrogen-bond donors (Lipinski definition) is 3. The molecule has 0 spiro atoms. The van der Waals surface area contributed by atoms with E-state index in [4.69, 9.17) is 4.74 Å². The molecule has 43 heavy (non-hydrogen) atoms. The van der Waals surface area contributed by atoms with Crippen LogP contribution in [0.25, 0.3) is 5.57 Å². The molecule has 1 saturated heterocycles. The van der Waals surface area contributed by atoms with Crippen molar-refractivity contribution >= 4 is 46.6 Å². The molecule has 2 aromatic carbocycles. The highest BCUT2D eigenvalue weighted by Gasteiger charge is 2.39. The molecule has 2 heterocycles. The second kappa shape index (κ2) is 12.3. The highest BCUT2D eigenvalue weighted by atomic mass is 32.2. The number of amides is 2. The average Bonchev–Trinajstić information content (AvgIpc) is 3.47. The van der Waals surface area contributed by atoms with Gasteiger partial charge in [0, 0.05) is 28.9 Å². The molecule has 12 heteroatoms. The minimum Gasteiger partial charge on any atom is -0.464 e. The molecule has 0 radical (unpaired) electrons. The van der Waals surface area contributed by atoms with Crippen molar-refractivity contribution in [1.29, 1.82) is 0 Å². The summed E-state index contributed by atoms with van der Waals surface area (Å²) in [6.07, 6.45) is -0.201. The van der Waals surface area contributed by atoms with Crippen molar-refractivity contribution in [2.75, 3.05) is 36.0 Å². The second-order valence-corrected chi connectivity index (χ2v) is 13.1. The van der Waals surface area contributed by atoms with Crippen LogP contribution in [0.5, 0.6) is 0 Å². The van der Waals surface area contributed by atoms with Crippen LogP contribution in [0.3, 0.4) is 0 Å². The van der Waals surface area contributed by atoms with Gasteiger partial charge < -0.3 is 25.4 Å². The van der Waals surface area contributed by atoms with Gasteiger partial charge in [-0.3, -0.25) is 0 Å². The number of allylic oxidation sites excluding steroid dienone is 2. The third-order valence-electron chi connectivity index (χ3n) is 7.71. The van der Waals surface area contributed by atoms with Gasteiger partial charge in [-0.15, -0.1) is 0 Å². The number of piperidine rings is 1. The van der Waals surface area contributed by atoms with Crippen LogP contribution in [0.4, 0.5) is 39.8 Å². The van der Waals surface area contributed by atoms with Gasteiger partial charge in [-0.1, -0.05) is 23.9 Å². The first-order chi connectivity index (χ1) is 20.3. The summed E-state index contributed by atoms with van der Waals surface area (Å²) >= 11 is 1.16. The Morgan fingerprint density at radius 1 is 1.14 bits per heavy atom. The summed E-state index contributed by atoms with van der Waals surface area (Å²) in [4.78, 5) is 29.0. The molecule has 0 unspecified atom stereocenters. The summed E-state index contributed by atoms with van der Waals surface area (Å²) in [5.74, 6) is 0. The van der Waals surface area contributed by atoms with Crippen LogP contribution >= 0.6 is 11.8 Å². The Hall–Kier alpha value is -3.38. The Morgan fingerprint density at radius 2 is 1.88 bits per heavy atom. The van der Waals surface area contributed by atoms with Crippen molar-refractivity contribution in [3.05, 3.63) is 47.5 Å². The van der Waals surface area contributed by atoms with Crippen LogP contribution in [0.1, 0.15) is 64.0 Å². The van der Waals surface area contributed by atoms with Gasteiger partial charge in [-0.05, 0) is 101 Å². The summed E-state index contributed by atoms with van der Waals surface area (Å²) < 4.78 is 48.3. The van der Waals surface area contributed by atoms with E-state index >= 15 is 0 Å². The molecule has 3 aliphatic rings. The first-order valence-electron chi connectivity index (χ1n) is 14.6. The number of rotatable bonds is 6. The average molecular weight is 619 g/mol. The van der Waals surface area contributed by atoms with Crippen LogP contribution in [-0.2, 0) is 10.9 Å². The number of carbonyl (C=O) groups excluding carboxylic acids is 1. The molecule has 5 rings (SSSR count). The van der Waals surface area contributed by atoms with Crippen molar-refractivity contribution in [3.63, 3.8) is 0 Å². The van der Waals surface area contributed by atoms with E-state index in [1.807, 2.05) is 17.0 Å². The van der Waals surface area contributed by atoms with Crippen molar-refractivity contribution in [2.24, 2.45) is 0 Å². The number of anilines is 3. The molecule has 1 fully saturated rings. The lowest BCUT2D eigenvalue weighted by atomic mass is 10.0. The monoisotopic (exact) mass is 618 g/mol. The standard InChI is InChI=1S/C31H37F3N4O4S/c1-30(2,3)42-28(39)36-14-15-37(22-10-12-35-13-11-22)24-17-21(31(32,33)34)18-26-27(24)38(29(40)41)23-9-8-20(16-25(23)43-26)19-6-4-5-7-19/h6,8-9,16-18,22,35H,4-5,7,10-15H2,1-3H3,(H,36,39)(H,40,41). The summed E-state index contributed by atoms with van der Waals surface area (Å²) in [6, 6.07) is 7.43. The zero-order valence-corrected chi connectivity index (χ0v) is 25.3. The van der Waals surface area contributed by atoms with Gasteiger partial charge in [0.2, 0.25) is 0 Å². The normalized spacial score (nSPS) is 17.2. The van der Waals surface area contributed by atoms with Crippen LogP contribution in [0.15, 0.2) is 46.2 Å². The number of carboxylic acid groups (broad SMARTS) is 1. The number of nitrogens with one attached hydrogen (secondary N) is 2. The van der Waals surface area contributed by atoms with Crippen molar-refractivity contribution < 1.29 is 32.6 Å². The first-order valence-corrected chi connectivity index (χ1v) is 15.4. The SMILES string of the molecule is CC(C)(C)OC(=O)NCCN(c1cc(C(F)(F)F)cc2c1N(C(=O)O)c1ccc(C3=CCCC3)cc1S2)C1CCNCC1. The van der Waals surface area contributed by atoms with Crippen molar-refractivity contribution in [3.8, 4) is 0 Å². The third kappa shape index (κ3) is 7.06. The fraction of sp³-hybridized carbons (Fsp3) is 0.484. The van der Waals surface area contributed by atoms with Gasteiger partial charge in [0.05, 0.1) is 22.6 Å². The lowest BCUT2D eigenvalue weighted by molar-refractivity contribution is -0.137. The summed E-state index contributed by atoms with van der Waals surface area (Å²) in [6.45, 7) is 6.82. The minimum atomic E-state index is -4.65. The predicted octanol–water partition coefficient (Wildman–Crippen LogP) is 7.64. The van der Waals surface area contributed by atoms with Gasteiger partial charge in [0.25, 0.3) is 0 Å². The first kappa shape index (κ1) is 31.1. The van der Waals surface area contributed by atoms with Gasteiger partial charge in [0.15, 0.2) is 0 Å². The van der Waals surface area contributed by atoms with Crippen LogP contribution in [0.2, 0.25) is 0 Å². The predicted molar refractivity (Wildman–Crippen MR) is 161 cm³/mol. The lowest BCUT2D eigenvalue weighted by Crippen LogP contribution is -2.47. The number of halogens is 3. The topological polar surface area (TPSA) is 94.1 Å². The highest BCUT2D eigenvalue weighted by molar-refractivity contribution is 7.99. The largest absolute Gasteiger partial charge is 0.464 e. The van der Waals surface area contributed by atoms with Gasteiger partial charge in [-0.25, -0.2) is 14.5 Å². The molecule has 0 aromatic heterocycles. The van der Waals surface area contributed by atoms with Crippen LogP contribution in [-0.4, -0.2) is 55.1 Å². The highest BCUT2D eigenvalue weighted by Crippen LogP contribution is 2.54. The van der Waals surface area contributed by atoms with E-state index in [0.717, 1.165) is 59.2 Å².